The van der Waals surface area contributed by atoms with Gasteiger partial charge in [-0.2, -0.15) is 0 Å². The predicted octanol–water partition coefficient (Wildman–Crippen LogP) is 3.02. The van der Waals surface area contributed by atoms with Crippen LogP contribution < -0.4 is 5.43 Å². The molecule has 2 heterocycles. The van der Waals surface area contributed by atoms with Crippen LogP contribution in [0.3, 0.4) is 0 Å². The van der Waals surface area contributed by atoms with Gasteiger partial charge in [-0.1, -0.05) is 13.8 Å². The fraction of sp³-hybridized carbons (Fsp3) is 0.364. The lowest BCUT2D eigenvalue weighted by molar-refractivity contribution is 0.828. The topological polar surface area (TPSA) is 32.9 Å². The minimum Gasteiger partial charge on any atom is -0.357 e. The van der Waals surface area contributed by atoms with Crippen molar-refractivity contribution < 1.29 is 0 Å². The van der Waals surface area contributed by atoms with Gasteiger partial charge in [0.25, 0.3) is 0 Å². The number of H-pyrrole nitrogens is 1. The fourth-order valence-corrected chi connectivity index (χ4v) is 2.40. The Balaban J connectivity index is 2.82. The highest BCUT2D eigenvalue weighted by Gasteiger charge is 2.08. The molecule has 0 radical (unpaired) electrons. The van der Waals surface area contributed by atoms with Gasteiger partial charge in [-0.25, -0.2) is 0 Å². The van der Waals surface area contributed by atoms with E-state index >= 15 is 0 Å². The zero-order valence-electron chi connectivity index (χ0n) is 8.55. The first kappa shape index (κ1) is 9.46. The van der Waals surface area contributed by atoms with Gasteiger partial charge in [0.05, 0.1) is 10.2 Å². The number of thiophene rings is 1. The summed E-state index contributed by atoms with van der Waals surface area (Å²) >= 11 is 1.52. The van der Waals surface area contributed by atoms with Crippen LogP contribution >= 0.6 is 11.3 Å². The second-order valence-corrected chi connectivity index (χ2v) is 4.75. The van der Waals surface area contributed by atoms with E-state index in [4.69, 9.17) is 0 Å². The number of aryl methyl sites for hydroxylation is 1. The third-order valence-electron chi connectivity index (χ3n) is 2.38. The molecular formula is C11H13NOS. The van der Waals surface area contributed by atoms with E-state index in [2.05, 4.69) is 18.8 Å². The minimum atomic E-state index is 0.139. The molecule has 0 aromatic carbocycles. The average Bonchev–Trinajstić information content (AvgIpc) is 2.48. The SMILES string of the molecule is Cc1csc2c(=O)cc(C(C)C)[nH]c12. The largest absolute Gasteiger partial charge is 0.357 e. The van der Waals surface area contributed by atoms with Crippen LogP contribution in [0.15, 0.2) is 16.2 Å². The van der Waals surface area contributed by atoms with Crippen LogP contribution in [0.25, 0.3) is 10.2 Å². The smallest absolute Gasteiger partial charge is 0.199 e. The van der Waals surface area contributed by atoms with Crippen molar-refractivity contribution in [3.63, 3.8) is 0 Å². The molecule has 0 aliphatic rings. The molecule has 0 saturated heterocycles. The predicted molar refractivity (Wildman–Crippen MR) is 61.3 cm³/mol. The Hall–Kier alpha value is -1.09. The summed E-state index contributed by atoms with van der Waals surface area (Å²) < 4.78 is 0.840. The van der Waals surface area contributed by atoms with Crippen molar-refractivity contribution in [1.82, 2.24) is 4.98 Å². The van der Waals surface area contributed by atoms with Crippen LogP contribution in [0.4, 0.5) is 0 Å². The molecule has 0 atom stereocenters. The van der Waals surface area contributed by atoms with Crippen LogP contribution in [0.5, 0.6) is 0 Å². The first-order valence-corrected chi connectivity index (χ1v) is 5.58. The number of aromatic nitrogens is 1. The molecule has 0 bridgehead atoms. The molecule has 1 N–H and O–H groups in total. The second kappa shape index (κ2) is 3.24. The maximum atomic E-state index is 11.7. The normalized spacial score (nSPS) is 11.4. The van der Waals surface area contributed by atoms with E-state index in [0.717, 1.165) is 21.5 Å². The van der Waals surface area contributed by atoms with Crippen molar-refractivity contribution in [2.24, 2.45) is 0 Å². The summed E-state index contributed by atoms with van der Waals surface area (Å²) in [5.41, 5.74) is 3.32. The van der Waals surface area contributed by atoms with Gasteiger partial charge in [-0.05, 0) is 23.8 Å². The minimum absolute atomic E-state index is 0.139. The lowest BCUT2D eigenvalue weighted by atomic mass is 10.1. The third-order valence-corrected chi connectivity index (χ3v) is 3.49. The maximum Gasteiger partial charge on any atom is 0.199 e. The van der Waals surface area contributed by atoms with Crippen LogP contribution in [-0.2, 0) is 0 Å². The summed E-state index contributed by atoms with van der Waals surface area (Å²) in [5, 5.41) is 2.02. The molecule has 2 aromatic rings. The van der Waals surface area contributed by atoms with Crippen LogP contribution in [-0.4, -0.2) is 4.98 Å². The Kier molecular flexibility index (Phi) is 2.19. The highest BCUT2D eigenvalue weighted by Crippen LogP contribution is 2.22. The summed E-state index contributed by atoms with van der Waals surface area (Å²) in [5.74, 6) is 0.367. The standard InChI is InChI=1S/C11H13NOS/c1-6(2)8-4-9(13)11-10(12-8)7(3)5-14-11/h4-6H,1-3H3,(H,12,13). The van der Waals surface area contributed by atoms with E-state index in [-0.39, 0.29) is 5.43 Å². The monoisotopic (exact) mass is 207 g/mol. The van der Waals surface area contributed by atoms with Gasteiger partial charge in [0.1, 0.15) is 0 Å². The second-order valence-electron chi connectivity index (χ2n) is 3.87. The molecule has 3 heteroatoms. The van der Waals surface area contributed by atoms with Gasteiger partial charge in [-0.3, -0.25) is 4.79 Å². The molecule has 0 aliphatic heterocycles. The maximum absolute atomic E-state index is 11.7. The van der Waals surface area contributed by atoms with Crippen molar-refractivity contribution in [2.45, 2.75) is 26.7 Å². The molecule has 2 aromatic heterocycles. The highest BCUT2D eigenvalue weighted by atomic mass is 32.1. The Morgan fingerprint density at radius 1 is 1.43 bits per heavy atom. The van der Waals surface area contributed by atoms with Gasteiger partial charge in [0, 0.05) is 11.8 Å². The van der Waals surface area contributed by atoms with Gasteiger partial charge >= 0.3 is 0 Å². The summed E-state index contributed by atoms with van der Waals surface area (Å²) in [6.45, 7) is 6.19. The zero-order valence-corrected chi connectivity index (χ0v) is 9.37. The first-order chi connectivity index (χ1) is 6.59. The molecular weight excluding hydrogens is 194 g/mol. The Morgan fingerprint density at radius 2 is 2.14 bits per heavy atom. The van der Waals surface area contributed by atoms with E-state index in [1.54, 1.807) is 6.07 Å². The Labute approximate surface area is 86.6 Å². The molecule has 74 valence electrons. The summed E-state index contributed by atoms with van der Waals surface area (Å²) in [6.07, 6.45) is 0. The van der Waals surface area contributed by atoms with Gasteiger partial charge < -0.3 is 4.98 Å². The molecule has 2 nitrogen and oxygen atoms in total. The number of pyridine rings is 1. The van der Waals surface area contributed by atoms with Crippen LogP contribution in [0, 0.1) is 6.92 Å². The van der Waals surface area contributed by atoms with Crippen molar-refractivity contribution in [2.75, 3.05) is 0 Å². The highest BCUT2D eigenvalue weighted by molar-refractivity contribution is 7.17. The molecule has 0 aliphatic carbocycles. The van der Waals surface area contributed by atoms with E-state index < -0.39 is 0 Å². The number of hydrogen-bond donors (Lipinski definition) is 1. The number of hydrogen-bond acceptors (Lipinski definition) is 2. The molecule has 0 fully saturated rings. The molecule has 2 rings (SSSR count). The summed E-state index contributed by atoms with van der Waals surface area (Å²) in [7, 11) is 0. The number of fused-ring (bicyclic) bond motifs is 1. The quantitative estimate of drug-likeness (QED) is 0.766. The first-order valence-electron chi connectivity index (χ1n) is 4.70. The van der Waals surface area contributed by atoms with Crippen molar-refractivity contribution in [3.8, 4) is 0 Å². The Morgan fingerprint density at radius 3 is 2.79 bits per heavy atom. The molecule has 0 spiro atoms. The van der Waals surface area contributed by atoms with Gasteiger partial charge in [0.15, 0.2) is 5.43 Å². The van der Waals surface area contributed by atoms with Gasteiger partial charge in [0.2, 0.25) is 0 Å². The summed E-state index contributed by atoms with van der Waals surface area (Å²) in [4.78, 5) is 15.0. The van der Waals surface area contributed by atoms with Crippen molar-refractivity contribution in [1.29, 1.82) is 0 Å². The lowest BCUT2D eigenvalue weighted by Gasteiger charge is -2.05. The van der Waals surface area contributed by atoms with E-state index in [0.29, 0.717) is 5.92 Å². The molecule has 0 saturated carbocycles. The number of nitrogens with one attached hydrogen (secondary N) is 1. The van der Waals surface area contributed by atoms with Crippen molar-refractivity contribution in [3.05, 3.63) is 32.9 Å². The number of aromatic amines is 1. The third kappa shape index (κ3) is 1.38. The van der Waals surface area contributed by atoms with Crippen LogP contribution in [0.2, 0.25) is 0 Å². The van der Waals surface area contributed by atoms with E-state index in [9.17, 15) is 4.79 Å². The fourth-order valence-electron chi connectivity index (χ4n) is 1.48. The molecule has 0 unspecified atom stereocenters. The van der Waals surface area contributed by atoms with Gasteiger partial charge in [-0.15, -0.1) is 11.3 Å². The molecule has 14 heavy (non-hydrogen) atoms. The average molecular weight is 207 g/mol. The van der Waals surface area contributed by atoms with Crippen molar-refractivity contribution >= 4 is 21.6 Å². The zero-order chi connectivity index (χ0) is 10.3. The van der Waals surface area contributed by atoms with Crippen LogP contribution in [0.1, 0.15) is 31.0 Å². The van der Waals surface area contributed by atoms with E-state index in [1.165, 1.54) is 11.3 Å². The van der Waals surface area contributed by atoms with E-state index in [1.807, 2.05) is 12.3 Å². The molecule has 0 amide bonds. The lowest BCUT2D eigenvalue weighted by Crippen LogP contribution is -2.04. The number of rotatable bonds is 1. The summed E-state index contributed by atoms with van der Waals surface area (Å²) in [6, 6.07) is 1.71. The Bertz CT molecular complexity index is 522.